The van der Waals surface area contributed by atoms with Gasteiger partial charge in [0.15, 0.2) is 0 Å². The largest absolute Gasteiger partial charge is 0.356 e. The van der Waals surface area contributed by atoms with Crippen molar-refractivity contribution in [3.63, 3.8) is 0 Å². The van der Waals surface area contributed by atoms with Crippen LogP contribution in [0.2, 0.25) is 0 Å². The van der Waals surface area contributed by atoms with Crippen LogP contribution in [0.4, 0.5) is 11.5 Å². The van der Waals surface area contributed by atoms with Crippen molar-refractivity contribution in [3.8, 4) is 0 Å². The number of carbonyl (C=O) groups is 1. The third-order valence-corrected chi connectivity index (χ3v) is 4.99. The van der Waals surface area contributed by atoms with E-state index < -0.39 is 0 Å². The Bertz CT molecular complexity index is 857. The number of nitrogens with one attached hydrogen (secondary N) is 1. The first kappa shape index (κ1) is 15.1. The first-order chi connectivity index (χ1) is 11.8. The highest BCUT2D eigenvalue weighted by Gasteiger charge is 2.16. The zero-order valence-corrected chi connectivity index (χ0v) is 14.1. The predicted molar refractivity (Wildman–Crippen MR) is 97.9 cm³/mol. The summed E-state index contributed by atoms with van der Waals surface area (Å²) in [5, 5.41) is 7.69. The molecule has 0 radical (unpaired) electrons. The maximum Gasteiger partial charge on any atom is 0.256 e. The number of amides is 1. The monoisotopic (exact) mass is 338 g/mol. The molecule has 5 nitrogen and oxygen atoms in total. The molecule has 0 bridgehead atoms. The van der Waals surface area contributed by atoms with Crippen molar-refractivity contribution in [2.24, 2.45) is 0 Å². The van der Waals surface area contributed by atoms with Crippen LogP contribution in [-0.4, -0.2) is 29.0 Å². The van der Waals surface area contributed by atoms with Gasteiger partial charge in [0, 0.05) is 29.5 Å². The fraction of sp³-hybridized carbons (Fsp3) is 0.278. The van der Waals surface area contributed by atoms with Gasteiger partial charge < -0.3 is 10.2 Å². The summed E-state index contributed by atoms with van der Waals surface area (Å²) in [5.74, 6) is 0.873. The molecule has 2 aromatic heterocycles. The first-order valence-corrected chi connectivity index (χ1v) is 9.09. The Labute approximate surface area is 144 Å². The lowest BCUT2D eigenvalue weighted by Crippen LogP contribution is -2.30. The summed E-state index contributed by atoms with van der Waals surface area (Å²) in [6.45, 7) is 2.05. The normalized spacial score (nSPS) is 14.8. The number of piperidine rings is 1. The van der Waals surface area contributed by atoms with Gasteiger partial charge in [-0.15, -0.1) is 0 Å². The molecule has 1 fully saturated rings. The lowest BCUT2D eigenvalue weighted by molar-refractivity contribution is 0.102. The minimum absolute atomic E-state index is 0.0908. The highest BCUT2D eigenvalue weighted by Crippen LogP contribution is 2.28. The fourth-order valence-electron chi connectivity index (χ4n) is 3.08. The van der Waals surface area contributed by atoms with E-state index in [0.717, 1.165) is 35.5 Å². The molecule has 1 amide bonds. The van der Waals surface area contributed by atoms with Crippen LogP contribution in [0, 0.1) is 0 Å². The number of hydrogen-bond acceptors (Lipinski definition) is 5. The topological polar surface area (TPSA) is 58.1 Å². The Morgan fingerprint density at radius 2 is 2.00 bits per heavy atom. The highest BCUT2D eigenvalue weighted by atomic mass is 32.1. The molecule has 1 aromatic carbocycles. The molecular formula is C18H18N4OS. The van der Waals surface area contributed by atoms with Crippen LogP contribution in [0.25, 0.3) is 10.9 Å². The first-order valence-electron chi connectivity index (χ1n) is 8.14. The third kappa shape index (κ3) is 2.97. The lowest BCUT2D eigenvalue weighted by Gasteiger charge is -2.28. The molecule has 1 N–H and O–H groups in total. The Kier molecular flexibility index (Phi) is 4.13. The highest BCUT2D eigenvalue weighted by molar-refractivity contribution is 7.08. The zero-order valence-electron chi connectivity index (χ0n) is 13.2. The second kappa shape index (κ2) is 6.57. The fourth-order valence-corrected chi connectivity index (χ4v) is 3.71. The summed E-state index contributed by atoms with van der Waals surface area (Å²) >= 11 is 1.51. The molecular weight excluding hydrogens is 320 g/mol. The van der Waals surface area contributed by atoms with Crippen molar-refractivity contribution >= 4 is 39.7 Å². The third-order valence-electron chi connectivity index (χ3n) is 4.31. The van der Waals surface area contributed by atoms with E-state index in [4.69, 9.17) is 0 Å². The number of rotatable bonds is 3. The predicted octanol–water partition coefficient (Wildman–Crippen LogP) is 3.93. The van der Waals surface area contributed by atoms with Crippen molar-refractivity contribution in [2.45, 2.75) is 19.3 Å². The van der Waals surface area contributed by atoms with Gasteiger partial charge in [0.1, 0.15) is 12.1 Å². The second-order valence-electron chi connectivity index (χ2n) is 5.94. The Morgan fingerprint density at radius 3 is 2.79 bits per heavy atom. The minimum atomic E-state index is -0.0908. The molecule has 0 atom stereocenters. The molecule has 122 valence electrons. The minimum Gasteiger partial charge on any atom is -0.356 e. The molecule has 0 aliphatic carbocycles. The number of anilines is 2. The van der Waals surface area contributed by atoms with Gasteiger partial charge in [0.05, 0.1) is 11.1 Å². The van der Waals surface area contributed by atoms with E-state index in [1.54, 1.807) is 6.33 Å². The van der Waals surface area contributed by atoms with Gasteiger partial charge in [-0.1, -0.05) is 0 Å². The van der Waals surface area contributed by atoms with Crippen LogP contribution in [0.1, 0.15) is 29.6 Å². The van der Waals surface area contributed by atoms with Crippen molar-refractivity contribution < 1.29 is 4.79 Å². The van der Waals surface area contributed by atoms with Crippen molar-refractivity contribution in [3.05, 3.63) is 46.9 Å². The van der Waals surface area contributed by atoms with E-state index in [2.05, 4.69) is 20.2 Å². The summed E-state index contributed by atoms with van der Waals surface area (Å²) in [6.07, 6.45) is 5.29. The molecule has 3 heterocycles. The number of fused-ring (bicyclic) bond motifs is 1. The van der Waals surface area contributed by atoms with E-state index in [9.17, 15) is 4.79 Å². The molecule has 0 spiro atoms. The van der Waals surface area contributed by atoms with Crippen LogP contribution in [0.15, 0.2) is 41.4 Å². The van der Waals surface area contributed by atoms with Crippen molar-refractivity contribution in [1.82, 2.24) is 9.97 Å². The van der Waals surface area contributed by atoms with Gasteiger partial charge in [-0.05, 0) is 48.9 Å². The van der Waals surface area contributed by atoms with Crippen molar-refractivity contribution in [2.75, 3.05) is 23.3 Å². The molecule has 6 heteroatoms. The molecule has 1 aliphatic rings. The van der Waals surface area contributed by atoms with Crippen LogP contribution < -0.4 is 10.2 Å². The Morgan fingerprint density at radius 1 is 1.12 bits per heavy atom. The molecule has 0 unspecified atom stereocenters. The van der Waals surface area contributed by atoms with Crippen LogP contribution in [0.3, 0.4) is 0 Å². The number of carbonyl (C=O) groups excluding carboxylic acids is 1. The Balaban J connectivity index is 1.67. The number of nitrogens with zero attached hydrogens (tertiary/aromatic N) is 3. The second-order valence-corrected chi connectivity index (χ2v) is 6.72. The smallest absolute Gasteiger partial charge is 0.256 e. The van der Waals surface area contributed by atoms with Crippen molar-refractivity contribution in [1.29, 1.82) is 0 Å². The van der Waals surface area contributed by atoms with Crippen LogP contribution in [0.5, 0.6) is 0 Å². The zero-order chi connectivity index (χ0) is 16.4. The standard InChI is InChI=1S/C18H18N4OS/c23-18(13-6-9-24-11-13)21-14-4-5-16-15(10-14)17(20-12-19-16)22-7-2-1-3-8-22/h4-6,9-12H,1-3,7-8H2,(H,21,23). The lowest BCUT2D eigenvalue weighted by atomic mass is 10.1. The molecule has 3 aromatic rings. The van der Waals surface area contributed by atoms with Gasteiger partial charge in [-0.2, -0.15) is 11.3 Å². The van der Waals surface area contributed by atoms with Crippen LogP contribution >= 0.6 is 11.3 Å². The van der Waals surface area contributed by atoms with Crippen LogP contribution in [-0.2, 0) is 0 Å². The van der Waals surface area contributed by atoms with Gasteiger partial charge >= 0.3 is 0 Å². The van der Waals surface area contributed by atoms with E-state index in [1.165, 1.54) is 30.6 Å². The van der Waals surface area contributed by atoms with E-state index in [1.807, 2.05) is 35.0 Å². The van der Waals surface area contributed by atoms with Gasteiger partial charge in [0.2, 0.25) is 0 Å². The Hall–Kier alpha value is -2.47. The molecule has 1 saturated heterocycles. The summed E-state index contributed by atoms with van der Waals surface area (Å²) < 4.78 is 0. The molecule has 0 saturated carbocycles. The summed E-state index contributed by atoms with van der Waals surface area (Å²) in [7, 11) is 0. The van der Waals surface area contributed by atoms with E-state index in [0.29, 0.717) is 5.56 Å². The van der Waals surface area contributed by atoms with Gasteiger partial charge in [-0.25, -0.2) is 9.97 Å². The summed E-state index contributed by atoms with van der Waals surface area (Å²) in [5.41, 5.74) is 2.35. The summed E-state index contributed by atoms with van der Waals surface area (Å²) in [4.78, 5) is 23.4. The average molecular weight is 338 g/mol. The van der Waals surface area contributed by atoms with E-state index >= 15 is 0 Å². The number of benzene rings is 1. The quantitative estimate of drug-likeness (QED) is 0.786. The van der Waals surface area contributed by atoms with E-state index in [-0.39, 0.29) is 5.91 Å². The number of hydrogen-bond donors (Lipinski definition) is 1. The average Bonchev–Trinajstić information content (AvgIpc) is 3.17. The summed E-state index contributed by atoms with van der Waals surface area (Å²) in [6, 6.07) is 7.63. The maximum absolute atomic E-state index is 12.3. The molecule has 1 aliphatic heterocycles. The SMILES string of the molecule is O=C(Nc1ccc2ncnc(N3CCCCC3)c2c1)c1ccsc1. The van der Waals surface area contributed by atoms with Gasteiger partial charge in [-0.3, -0.25) is 4.79 Å². The molecule has 24 heavy (non-hydrogen) atoms. The number of thiophene rings is 1. The van der Waals surface area contributed by atoms with Gasteiger partial charge in [0.25, 0.3) is 5.91 Å². The maximum atomic E-state index is 12.3. The molecule has 4 rings (SSSR count). The number of aromatic nitrogens is 2.